The lowest BCUT2D eigenvalue weighted by atomic mass is 10.0. The first-order valence-electron chi connectivity index (χ1n) is 6.54. The number of hydrogen-bond donors (Lipinski definition) is 0. The molecule has 0 heterocycles. The van der Waals surface area contributed by atoms with Crippen LogP contribution in [0.5, 0.6) is 0 Å². The highest BCUT2D eigenvalue weighted by atomic mass is 19.4. The maximum absolute atomic E-state index is 12.2. The van der Waals surface area contributed by atoms with Crippen molar-refractivity contribution in [1.82, 2.24) is 0 Å². The van der Waals surface area contributed by atoms with Crippen LogP contribution in [0.1, 0.15) is 64.7 Å². The van der Waals surface area contributed by atoms with Gasteiger partial charge in [0.25, 0.3) is 0 Å². The number of aldehydes is 1. The van der Waals surface area contributed by atoms with E-state index in [-0.39, 0.29) is 12.7 Å². The molecular weight excluding hydrogens is 229 g/mol. The highest BCUT2D eigenvalue weighted by Crippen LogP contribution is 2.28. The summed E-state index contributed by atoms with van der Waals surface area (Å²) < 4.78 is 36.6. The van der Waals surface area contributed by atoms with Crippen LogP contribution < -0.4 is 0 Å². The average Bonchev–Trinajstić information content (AvgIpc) is 2.25. The van der Waals surface area contributed by atoms with Crippen LogP contribution in [0.25, 0.3) is 0 Å². The molecule has 1 atom stereocenters. The van der Waals surface area contributed by atoms with Crippen molar-refractivity contribution in [2.24, 2.45) is 5.92 Å². The van der Waals surface area contributed by atoms with Crippen LogP contribution >= 0.6 is 0 Å². The van der Waals surface area contributed by atoms with Crippen LogP contribution in [-0.2, 0) is 4.79 Å². The van der Waals surface area contributed by atoms with Crippen molar-refractivity contribution in [2.75, 3.05) is 0 Å². The van der Waals surface area contributed by atoms with Crippen molar-refractivity contribution in [3.8, 4) is 0 Å². The Morgan fingerprint density at radius 2 is 1.41 bits per heavy atom. The van der Waals surface area contributed by atoms with Gasteiger partial charge in [-0.15, -0.1) is 0 Å². The molecule has 0 aliphatic carbocycles. The third-order valence-electron chi connectivity index (χ3n) is 2.95. The standard InChI is InChI=1S/C13H23F3O/c1-2-3-4-5-6-7-8-9-10-12(11-17)13(14,15)16/h11-12H,2-10H2,1H3. The van der Waals surface area contributed by atoms with E-state index in [4.69, 9.17) is 0 Å². The molecule has 0 aromatic rings. The quantitative estimate of drug-likeness (QED) is 0.399. The van der Waals surface area contributed by atoms with E-state index in [0.717, 1.165) is 19.3 Å². The van der Waals surface area contributed by atoms with Gasteiger partial charge in [-0.3, -0.25) is 0 Å². The van der Waals surface area contributed by atoms with Crippen molar-refractivity contribution in [3.05, 3.63) is 0 Å². The number of rotatable bonds is 10. The SMILES string of the molecule is CCCCCCCCCCC(C=O)C(F)(F)F. The molecule has 0 rings (SSSR count). The van der Waals surface area contributed by atoms with E-state index in [2.05, 4.69) is 6.92 Å². The van der Waals surface area contributed by atoms with Crippen LogP contribution in [0.3, 0.4) is 0 Å². The van der Waals surface area contributed by atoms with Gasteiger partial charge in [-0.1, -0.05) is 58.3 Å². The second-order valence-electron chi connectivity index (χ2n) is 4.55. The fourth-order valence-corrected chi connectivity index (χ4v) is 1.81. The summed E-state index contributed by atoms with van der Waals surface area (Å²) in [5.41, 5.74) is 0. The molecule has 0 amide bonds. The highest BCUT2D eigenvalue weighted by Gasteiger charge is 2.38. The lowest BCUT2D eigenvalue weighted by Crippen LogP contribution is -2.23. The lowest BCUT2D eigenvalue weighted by molar-refractivity contribution is -0.175. The molecular formula is C13H23F3O. The van der Waals surface area contributed by atoms with Gasteiger partial charge in [0.2, 0.25) is 0 Å². The minimum atomic E-state index is -4.36. The summed E-state index contributed by atoms with van der Waals surface area (Å²) in [6.07, 6.45) is 3.81. The topological polar surface area (TPSA) is 17.1 Å². The summed E-state index contributed by atoms with van der Waals surface area (Å²) >= 11 is 0. The molecule has 0 aliphatic heterocycles. The highest BCUT2D eigenvalue weighted by molar-refractivity contribution is 5.54. The van der Waals surface area contributed by atoms with Gasteiger partial charge in [-0.2, -0.15) is 13.2 Å². The Morgan fingerprint density at radius 3 is 1.82 bits per heavy atom. The number of carbonyl (C=O) groups is 1. The van der Waals surface area contributed by atoms with E-state index in [1.165, 1.54) is 25.7 Å². The zero-order valence-electron chi connectivity index (χ0n) is 10.6. The number of hydrogen-bond acceptors (Lipinski definition) is 1. The van der Waals surface area contributed by atoms with Gasteiger partial charge < -0.3 is 4.79 Å². The predicted molar refractivity (Wildman–Crippen MR) is 62.8 cm³/mol. The van der Waals surface area contributed by atoms with E-state index in [1.54, 1.807) is 0 Å². The Labute approximate surface area is 102 Å². The first-order valence-corrected chi connectivity index (χ1v) is 6.54. The molecule has 17 heavy (non-hydrogen) atoms. The minimum Gasteiger partial charge on any atom is -0.303 e. The van der Waals surface area contributed by atoms with Crippen LogP contribution in [-0.4, -0.2) is 12.5 Å². The van der Waals surface area contributed by atoms with Crippen LogP contribution in [0.2, 0.25) is 0 Å². The van der Waals surface area contributed by atoms with E-state index in [9.17, 15) is 18.0 Å². The van der Waals surface area contributed by atoms with Gasteiger partial charge in [0.15, 0.2) is 0 Å². The normalized spacial score (nSPS) is 13.6. The van der Waals surface area contributed by atoms with Crippen LogP contribution in [0, 0.1) is 5.92 Å². The number of unbranched alkanes of at least 4 members (excludes halogenated alkanes) is 7. The molecule has 0 aliphatic rings. The van der Waals surface area contributed by atoms with Gasteiger partial charge in [0.05, 0.1) is 0 Å². The third kappa shape index (κ3) is 9.19. The molecule has 0 saturated heterocycles. The minimum absolute atomic E-state index is 0.0290. The van der Waals surface area contributed by atoms with Gasteiger partial charge in [-0.25, -0.2) is 0 Å². The van der Waals surface area contributed by atoms with Crippen molar-refractivity contribution >= 4 is 6.29 Å². The summed E-state index contributed by atoms with van der Waals surface area (Å²) in [7, 11) is 0. The van der Waals surface area contributed by atoms with Crippen molar-refractivity contribution in [3.63, 3.8) is 0 Å². The lowest BCUT2D eigenvalue weighted by Gasteiger charge is -2.13. The summed E-state index contributed by atoms with van der Waals surface area (Å²) in [6.45, 7) is 2.15. The maximum atomic E-state index is 12.2. The zero-order valence-corrected chi connectivity index (χ0v) is 10.6. The summed E-state index contributed by atoms with van der Waals surface area (Å²) in [5, 5.41) is 0. The predicted octanol–water partition coefficient (Wildman–Crippen LogP) is 4.89. The second-order valence-corrected chi connectivity index (χ2v) is 4.55. The van der Waals surface area contributed by atoms with Gasteiger partial charge in [0.1, 0.15) is 12.2 Å². The molecule has 1 nitrogen and oxygen atoms in total. The van der Waals surface area contributed by atoms with E-state index >= 15 is 0 Å². The Kier molecular flexibility index (Phi) is 9.18. The Morgan fingerprint density at radius 1 is 0.941 bits per heavy atom. The fourth-order valence-electron chi connectivity index (χ4n) is 1.81. The first-order chi connectivity index (χ1) is 8.02. The van der Waals surface area contributed by atoms with Gasteiger partial charge in [0, 0.05) is 0 Å². The zero-order chi connectivity index (χ0) is 13.1. The van der Waals surface area contributed by atoms with Gasteiger partial charge in [-0.05, 0) is 6.42 Å². The molecule has 4 heteroatoms. The second kappa shape index (κ2) is 9.49. The molecule has 0 aromatic heterocycles. The van der Waals surface area contributed by atoms with Crippen molar-refractivity contribution in [1.29, 1.82) is 0 Å². The van der Waals surface area contributed by atoms with Gasteiger partial charge >= 0.3 is 6.18 Å². The van der Waals surface area contributed by atoms with E-state index < -0.39 is 12.1 Å². The Bertz CT molecular complexity index is 190. The molecule has 0 saturated carbocycles. The molecule has 0 radical (unpaired) electrons. The Balaban J connectivity index is 3.41. The summed E-state index contributed by atoms with van der Waals surface area (Å²) in [4.78, 5) is 10.3. The fraction of sp³-hybridized carbons (Fsp3) is 0.923. The van der Waals surface area contributed by atoms with Crippen molar-refractivity contribution in [2.45, 2.75) is 70.9 Å². The Hall–Kier alpha value is -0.540. The number of carbonyl (C=O) groups excluding carboxylic acids is 1. The average molecular weight is 252 g/mol. The molecule has 0 bridgehead atoms. The molecule has 0 N–H and O–H groups in total. The molecule has 0 spiro atoms. The maximum Gasteiger partial charge on any atom is 0.398 e. The van der Waals surface area contributed by atoms with Crippen LogP contribution in [0.15, 0.2) is 0 Å². The number of halogens is 3. The summed E-state index contributed by atoms with van der Waals surface area (Å²) in [6, 6.07) is 0. The number of alkyl halides is 3. The monoisotopic (exact) mass is 252 g/mol. The first kappa shape index (κ1) is 16.5. The van der Waals surface area contributed by atoms with Crippen LogP contribution in [0.4, 0.5) is 13.2 Å². The van der Waals surface area contributed by atoms with Crippen molar-refractivity contribution < 1.29 is 18.0 Å². The largest absolute Gasteiger partial charge is 0.398 e. The smallest absolute Gasteiger partial charge is 0.303 e. The molecule has 0 fully saturated rings. The third-order valence-corrected chi connectivity index (χ3v) is 2.95. The molecule has 102 valence electrons. The van der Waals surface area contributed by atoms with E-state index in [1.807, 2.05) is 0 Å². The molecule has 0 aromatic carbocycles. The van der Waals surface area contributed by atoms with E-state index in [0.29, 0.717) is 6.42 Å². The molecule has 1 unspecified atom stereocenters. The summed E-state index contributed by atoms with van der Waals surface area (Å²) in [5.74, 6) is -1.76.